The maximum atomic E-state index is 10.8. The van der Waals surface area contributed by atoms with Gasteiger partial charge in [-0.05, 0) is 42.5 Å². The fourth-order valence-corrected chi connectivity index (χ4v) is 2.13. The number of allylic oxidation sites excluding steroid dienone is 2. The van der Waals surface area contributed by atoms with E-state index in [9.17, 15) is 4.79 Å². The van der Waals surface area contributed by atoms with Crippen LogP contribution in [-0.4, -0.2) is 13.4 Å². The Bertz CT molecular complexity index is 430. The Morgan fingerprint density at radius 3 is 2.80 bits per heavy atom. The van der Waals surface area contributed by atoms with Gasteiger partial charge in [-0.3, -0.25) is 4.79 Å². The lowest BCUT2D eigenvalue weighted by molar-refractivity contribution is -0.105. The van der Waals surface area contributed by atoms with Gasteiger partial charge >= 0.3 is 0 Å². The number of fused-ring (bicyclic) bond motifs is 1. The molecule has 0 aromatic heterocycles. The number of ether oxygens (including phenoxy) is 1. The van der Waals surface area contributed by atoms with E-state index < -0.39 is 0 Å². The summed E-state index contributed by atoms with van der Waals surface area (Å²) in [5.74, 6) is 0.928. The Morgan fingerprint density at radius 1 is 1.33 bits per heavy atom. The molecule has 78 valence electrons. The maximum Gasteiger partial charge on any atom is 0.146 e. The third-order valence-corrected chi connectivity index (χ3v) is 3.03. The van der Waals surface area contributed by atoms with Crippen molar-refractivity contribution in [1.29, 1.82) is 0 Å². The lowest BCUT2D eigenvalue weighted by atomic mass is 9.86. The van der Waals surface area contributed by atoms with Gasteiger partial charge in [0.2, 0.25) is 0 Å². The number of benzene rings is 1. The SMILES string of the molecule is COc1cccc2c1CCC(C=O)=C2C. The van der Waals surface area contributed by atoms with Gasteiger partial charge < -0.3 is 4.74 Å². The number of carbonyl (C=O) groups excluding carboxylic acids is 1. The summed E-state index contributed by atoms with van der Waals surface area (Å²) >= 11 is 0. The van der Waals surface area contributed by atoms with Crippen LogP contribution >= 0.6 is 0 Å². The predicted octanol–water partition coefficient (Wildman–Crippen LogP) is 2.61. The number of hydrogen-bond donors (Lipinski definition) is 0. The molecule has 0 unspecified atom stereocenters. The average molecular weight is 202 g/mol. The van der Waals surface area contributed by atoms with Crippen molar-refractivity contribution >= 4 is 11.9 Å². The topological polar surface area (TPSA) is 26.3 Å². The summed E-state index contributed by atoms with van der Waals surface area (Å²) in [6.45, 7) is 2.00. The molecule has 0 saturated heterocycles. The summed E-state index contributed by atoms with van der Waals surface area (Å²) < 4.78 is 5.32. The van der Waals surface area contributed by atoms with E-state index in [4.69, 9.17) is 4.74 Å². The number of carbonyl (C=O) groups is 1. The van der Waals surface area contributed by atoms with Gasteiger partial charge in [-0.25, -0.2) is 0 Å². The first-order valence-corrected chi connectivity index (χ1v) is 5.09. The fraction of sp³-hybridized carbons (Fsp3) is 0.308. The first kappa shape index (κ1) is 9.97. The Kier molecular flexibility index (Phi) is 2.58. The molecule has 1 aliphatic rings. The second kappa shape index (κ2) is 3.89. The van der Waals surface area contributed by atoms with Crippen LogP contribution in [0.4, 0.5) is 0 Å². The van der Waals surface area contributed by atoms with Gasteiger partial charge in [0.25, 0.3) is 0 Å². The van der Waals surface area contributed by atoms with E-state index >= 15 is 0 Å². The van der Waals surface area contributed by atoms with Crippen LogP contribution in [0, 0.1) is 0 Å². The Hall–Kier alpha value is -1.57. The minimum Gasteiger partial charge on any atom is -0.496 e. The van der Waals surface area contributed by atoms with E-state index in [1.165, 1.54) is 5.56 Å². The zero-order valence-electron chi connectivity index (χ0n) is 9.04. The van der Waals surface area contributed by atoms with Crippen molar-refractivity contribution in [2.75, 3.05) is 7.11 Å². The Labute approximate surface area is 89.6 Å². The molecule has 2 rings (SSSR count). The van der Waals surface area contributed by atoms with Gasteiger partial charge in [0, 0.05) is 5.56 Å². The summed E-state index contributed by atoms with van der Waals surface area (Å²) in [5, 5.41) is 0. The smallest absolute Gasteiger partial charge is 0.146 e. The third-order valence-electron chi connectivity index (χ3n) is 3.03. The molecule has 2 heteroatoms. The van der Waals surface area contributed by atoms with Crippen molar-refractivity contribution in [2.24, 2.45) is 0 Å². The molecule has 0 fully saturated rings. The van der Waals surface area contributed by atoms with Crippen molar-refractivity contribution in [3.8, 4) is 5.75 Å². The molecule has 0 N–H and O–H groups in total. The minimum absolute atomic E-state index is 0.822. The largest absolute Gasteiger partial charge is 0.496 e. The highest BCUT2D eigenvalue weighted by Crippen LogP contribution is 2.35. The van der Waals surface area contributed by atoms with Gasteiger partial charge in [-0.15, -0.1) is 0 Å². The van der Waals surface area contributed by atoms with E-state index in [2.05, 4.69) is 6.07 Å². The molecule has 1 aromatic rings. The number of hydrogen-bond acceptors (Lipinski definition) is 2. The van der Waals surface area contributed by atoms with Crippen molar-refractivity contribution < 1.29 is 9.53 Å². The predicted molar refractivity (Wildman–Crippen MR) is 60.0 cm³/mol. The highest BCUT2D eigenvalue weighted by atomic mass is 16.5. The minimum atomic E-state index is 0.822. The van der Waals surface area contributed by atoms with Crippen LogP contribution in [0.5, 0.6) is 5.75 Å². The van der Waals surface area contributed by atoms with E-state index in [0.29, 0.717) is 0 Å². The van der Waals surface area contributed by atoms with Crippen molar-refractivity contribution in [3.05, 3.63) is 34.9 Å². The Balaban J connectivity index is 2.60. The molecule has 0 atom stereocenters. The van der Waals surface area contributed by atoms with Crippen LogP contribution in [0.15, 0.2) is 23.8 Å². The summed E-state index contributed by atoms with van der Waals surface area (Å²) in [7, 11) is 1.68. The molecule has 0 radical (unpaired) electrons. The fourth-order valence-electron chi connectivity index (χ4n) is 2.13. The van der Waals surface area contributed by atoms with Crippen LogP contribution in [0.1, 0.15) is 24.5 Å². The van der Waals surface area contributed by atoms with Crippen LogP contribution in [-0.2, 0) is 11.2 Å². The van der Waals surface area contributed by atoms with E-state index in [1.54, 1.807) is 7.11 Å². The molecule has 1 aliphatic carbocycles. The highest BCUT2D eigenvalue weighted by Gasteiger charge is 2.18. The van der Waals surface area contributed by atoms with E-state index in [0.717, 1.165) is 41.6 Å². The van der Waals surface area contributed by atoms with Gasteiger partial charge in [0.15, 0.2) is 0 Å². The first-order chi connectivity index (χ1) is 7.27. The molecule has 0 amide bonds. The molecule has 15 heavy (non-hydrogen) atoms. The third kappa shape index (κ3) is 1.56. The van der Waals surface area contributed by atoms with Crippen molar-refractivity contribution in [2.45, 2.75) is 19.8 Å². The highest BCUT2D eigenvalue weighted by molar-refractivity contribution is 5.90. The van der Waals surface area contributed by atoms with Crippen LogP contribution < -0.4 is 4.74 Å². The van der Waals surface area contributed by atoms with Crippen molar-refractivity contribution in [1.82, 2.24) is 0 Å². The lowest BCUT2D eigenvalue weighted by Gasteiger charge is -2.20. The lowest BCUT2D eigenvalue weighted by Crippen LogP contribution is -2.06. The van der Waals surface area contributed by atoms with Gasteiger partial charge in [-0.2, -0.15) is 0 Å². The van der Waals surface area contributed by atoms with E-state index in [-0.39, 0.29) is 0 Å². The molecular weight excluding hydrogens is 188 g/mol. The number of aldehydes is 1. The summed E-state index contributed by atoms with van der Waals surface area (Å²) in [4.78, 5) is 10.8. The number of methoxy groups -OCH3 is 1. The quantitative estimate of drug-likeness (QED) is 0.689. The molecule has 0 spiro atoms. The van der Waals surface area contributed by atoms with Crippen molar-refractivity contribution in [3.63, 3.8) is 0 Å². The average Bonchev–Trinajstić information content (AvgIpc) is 2.29. The molecular formula is C13H14O2. The summed E-state index contributed by atoms with van der Waals surface area (Å²) in [6, 6.07) is 5.99. The molecule has 0 saturated carbocycles. The molecule has 2 nitrogen and oxygen atoms in total. The maximum absolute atomic E-state index is 10.8. The summed E-state index contributed by atoms with van der Waals surface area (Å²) in [5.41, 5.74) is 4.38. The molecule has 0 aliphatic heterocycles. The zero-order valence-corrected chi connectivity index (χ0v) is 9.04. The molecule has 0 bridgehead atoms. The van der Waals surface area contributed by atoms with E-state index in [1.807, 2.05) is 19.1 Å². The van der Waals surface area contributed by atoms with Crippen LogP contribution in [0.2, 0.25) is 0 Å². The Morgan fingerprint density at radius 2 is 2.13 bits per heavy atom. The van der Waals surface area contributed by atoms with Crippen LogP contribution in [0.25, 0.3) is 5.57 Å². The van der Waals surface area contributed by atoms with Crippen LogP contribution in [0.3, 0.4) is 0 Å². The molecule has 1 aromatic carbocycles. The van der Waals surface area contributed by atoms with Gasteiger partial charge in [0.05, 0.1) is 7.11 Å². The zero-order chi connectivity index (χ0) is 10.8. The van der Waals surface area contributed by atoms with Gasteiger partial charge in [0.1, 0.15) is 12.0 Å². The van der Waals surface area contributed by atoms with Gasteiger partial charge in [-0.1, -0.05) is 12.1 Å². The second-order valence-electron chi connectivity index (χ2n) is 3.75. The standard InChI is InChI=1S/C13H14O2/c1-9-10(8-14)6-7-12-11(9)4-3-5-13(12)15-2/h3-5,8H,6-7H2,1-2H3. The number of rotatable bonds is 2. The normalized spacial score (nSPS) is 14.8. The monoisotopic (exact) mass is 202 g/mol. The summed E-state index contributed by atoms with van der Waals surface area (Å²) in [6.07, 6.45) is 2.69. The first-order valence-electron chi connectivity index (χ1n) is 5.09. The molecule has 0 heterocycles. The second-order valence-corrected chi connectivity index (χ2v) is 3.75.